The van der Waals surface area contributed by atoms with Crippen molar-refractivity contribution >= 4 is 0 Å². The Balaban J connectivity index is 1.75. The normalized spacial score (nSPS) is 14.4. The Morgan fingerprint density at radius 2 is 0.474 bits per heavy atom. The number of rotatable bonds is 8. The standard InChI is InChI=1S/C38H38/c1-27(31-17-9-5-10-18-31)35-25-37(29(3)33-21-13-7-14-22-33)38(30(4)34-23-15-8-16-24-34)26-36(35)28(2)32-19-11-6-12-20-32/h5-30H,1-4H3. The molecule has 0 heteroatoms. The van der Waals surface area contributed by atoms with Crippen molar-refractivity contribution in [2.45, 2.75) is 51.4 Å². The molecule has 0 nitrogen and oxygen atoms in total. The molecule has 0 saturated carbocycles. The fraction of sp³-hybridized carbons (Fsp3) is 0.211. The van der Waals surface area contributed by atoms with Crippen LogP contribution in [0, 0.1) is 0 Å². The zero-order chi connectivity index (χ0) is 26.5. The highest BCUT2D eigenvalue weighted by molar-refractivity contribution is 5.53. The third-order valence-electron chi connectivity index (χ3n) is 8.35. The second kappa shape index (κ2) is 11.7. The minimum absolute atomic E-state index is 0.292. The first-order valence-corrected chi connectivity index (χ1v) is 13.9. The molecule has 5 rings (SSSR count). The van der Waals surface area contributed by atoms with Crippen LogP contribution in [-0.4, -0.2) is 0 Å². The Morgan fingerprint density at radius 1 is 0.289 bits per heavy atom. The molecule has 0 amide bonds. The maximum Gasteiger partial charge on any atom is 0.00640 e. The molecule has 0 radical (unpaired) electrons. The average molecular weight is 495 g/mol. The predicted molar refractivity (Wildman–Crippen MR) is 162 cm³/mol. The van der Waals surface area contributed by atoms with Crippen molar-refractivity contribution in [3.05, 3.63) is 178 Å². The average Bonchev–Trinajstić information content (AvgIpc) is 3.00. The molecule has 190 valence electrons. The Kier molecular flexibility index (Phi) is 7.89. The highest BCUT2D eigenvalue weighted by atomic mass is 14.3. The largest absolute Gasteiger partial charge is 0.0622 e. The molecule has 0 heterocycles. The molecule has 0 saturated heterocycles. The van der Waals surface area contributed by atoms with Crippen LogP contribution in [0.25, 0.3) is 0 Å². The van der Waals surface area contributed by atoms with E-state index in [4.69, 9.17) is 0 Å². The summed E-state index contributed by atoms with van der Waals surface area (Å²) in [5.41, 5.74) is 11.1. The van der Waals surface area contributed by atoms with Gasteiger partial charge >= 0.3 is 0 Å². The van der Waals surface area contributed by atoms with E-state index in [1.165, 1.54) is 44.5 Å². The lowest BCUT2D eigenvalue weighted by Crippen LogP contribution is -2.12. The zero-order valence-electron chi connectivity index (χ0n) is 23.0. The van der Waals surface area contributed by atoms with Gasteiger partial charge in [0.25, 0.3) is 0 Å². The maximum atomic E-state index is 2.54. The van der Waals surface area contributed by atoms with E-state index < -0.39 is 0 Å². The number of hydrogen-bond donors (Lipinski definition) is 0. The van der Waals surface area contributed by atoms with Gasteiger partial charge in [-0.05, 0) is 44.5 Å². The molecule has 0 fully saturated rings. The van der Waals surface area contributed by atoms with Crippen LogP contribution < -0.4 is 0 Å². The summed E-state index contributed by atoms with van der Waals surface area (Å²) < 4.78 is 0. The van der Waals surface area contributed by atoms with Crippen molar-refractivity contribution in [3.8, 4) is 0 Å². The van der Waals surface area contributed by atoms with Crippen molar-refractivity contribution in [1.29, 1.82) is 0 Å². The Bertz CT molecular complexity index is 1210. The van der Waals surface area contributed by atoms with Crippen molar-refractivity contribution in [3.63, 3.8) is 0 Å². The molecule has 0 aliphatic heterocycles. The summed E-state index contributed by atoms with van der Waals surface area (Å²) >= 11 is 0. The Labute approximate surface area is 229 Å². The van der Waals surface area contributed by atoms with Crippen molar-refractivity contribution in [1.82, 2.24) is 0 Å². The number of benzene rings is 5. The summed E-state index contributed by atoms with van der Waals surface area (Å²) in [5, 5.41) is 0. The Hall–Kier alpha value is -3.90. The monoisotopic (exact) mass is 494 g/mol. The molecule has 38 heavy (non-hydrogen) atoms. The molecular weight excluding hydrogens is 456 g/mol. The van der Waals surface area contributed by atoms with Gasteiger partial charge in [-0.15, -0.1) is 0 Å². The van der Waals surface area contributed by atoms with Gasteiger partial charge in [0.1, 0.15) is 0 Å². The van der Waals surface area contributed by atoms with Crippen LogP contribution >= 0.6 is 0 Å². The molecule has 5 aromatic rings. The molecule has 0 aliphatic carbocycles. The molecule has 0 aromatic heterocycles. The minimum atomic E-state index is 0.292. The topological polar surface area (TPSA) is 0 Å². The highest BCUT2D eigenvalue weighted by Gasteiger charge is 2.25. The van der Waals surface area contributed by atoms with Crippen LogP contribution in [0.5, 0.6) is 0 Å². The summed E-state index contributed by atoms with van der Waals surface area (Å²) in [6.07, 6.45) is 0. The van der Waals surface area contributed by atoms with E-state index in [1.54, 1.807) is 0 Å². The van der Waals surface area contributed by atoms with Crippen LogP contribution in [0.3, 0.4) is 0 Å². The summed E-state index contributed by atoms with van der Waals surface area (Å²) in [6, 6.07) is 48.9. The van der Waals surface area contributed by atoms with Crippen molar-refractivity contribution < 1.29 is 0 Å². The molecular formula is C38H38. The first kappa shape index (κ1) is 25.7. The van der Waals surface area contributed by atoms with Gasteiger partial charge in [-0.2, -0.15) is 0 Å². The van der Waals surface area contributed by atoms with Gasteiger partial charge in [0.15, 0.2) is 0 Å². The summed E-state index contributed by atoms with van der Waals surface area (Å²) in [6.45, 7) is 9.46. The first-order chi connectivity index (χ1) is 18.5. The molecule has 0 aliphatic rings. The first-order valence-electron chi connectivity index (χ1n) is 13.9. The van der Waals surface area contributed by atoms with E-state index in [-0.39, 0.29) is 0 Å². The van der Waals surface area contributed by atoms with E-state index >= 15 is 0 Å². The van der Waals surface area contributed by atoms with Gasteiger partial charge < -0.3 is 0 Å². The molecule has 0 bridgehead atoms. The lowest BCUT2D eigenvalue weighted by atomic mass is 9.75. The smallest absolute Gasteiger partial charge is 0.00640 e. The molecule has 4 unspecified atom stereocenters. The van der Waals surface area contributed by atoms with Crippen molar-refractivity contribution in [2.24, 2.45) is 0 Å². The number of hydrogen-bond acceptors (Lipinski definition) is 0. The third kappa shape index (κ3) is 5.36. The lowest BCUT2D eigenvalue weighted by Gasteiger charge is -2.29. The van der Waals surface area contributed by atoms with Crippen molar-refractivity contribution in [2.75, 3.05) is 0 Å². The quantitative estimate of drug-likeness (QED) is 0.201. The summed E-state index contributed by atoms with van der Waals surface area (Å²) in [7, 11) is 0. The Morgan fingerprint density at radius 3 is 0.658 bits per heavy atom. The van der Waals surface area contributed by atoms with Crippen LogP contribution in [0.1, 0.15) is 95.9 Å². The highest BCUT2D eigenvalue weighted by Crippen LogP contribution is 2.42. The molecule has 5 aromatic carbocycles. The van der Waals surface area contributed by atoms with Gasteiger partial charge in [-0.1, -0.05) is 161 Å². The molecule has 0 N–H and O–H groups in total. The second-order valence-electron chi connectivity index (χ2n) is 10.6. The fourth-order valence-corrected chi connectivity index (χ4v) is 5.85. The molecule has 0 spiro atoms. The van der Waals surface area contributed by atoms with E-state index in [2.05, 4.69) is 161 Å². The van der Waals surface area contributed by atoms with Crippen LogP contribution in [-0.2, 0) is 0 Å². The maximum absolute atomic E-state index is 2.54. The lowest BCUT2D eigenvalue weighted by molar-refractivity contribution is 0.797. The van der Waals surface area contributed by atoms with Crippen LogP contribution in [0.2, 0.25) is 0 Å². The van der Waals surface area contributed by atoms with Gasteiger partial charge in [-0.25, -0.2) is 0 Å². The van der Waals surface area contributed by atoms with E-state index in [1.807, 2.05) is 0 Å². The minimum Gasteiger partial charge on any atom is -0.0622 e. The van der Waals surface area contributed by atoms with Crippen LogP contribution in [0.15, 0.2) is 133 Å². The van der Waals surface area contributed by atoms with Gasteiger partial charge in [-0.3, -0.25) is 0 Å². The summed E-state index contributed by atoms with van der Waals surface area (Å²) in [5.74, 6) is 1.17. The fourth-order valence-electron chi connectivity index (χ4n) is 5.85. The molecule has 4 atom stereocenters. The third-order valence-corrected chi connectivity index (χ3v) is 8.35. The summed E-state index contributed by atoms with van der Waals surface area (Å²) in [4.78, 5) is 0. The van der Waals surface area contributed by atoms with Crippen LogP contribution in [0.4, 0.5) is 0 Å². The predicted octanol–water partition coefficient (Wildman–Crippen LogP) is 10.3. The van der Waals surface area contributed by atoms with Gasteiger partial charge in [0.2, 0.25) is 0 Å². The van der Waals surface area contributed by atoms with E-state index in [9.17, 15) is 0 Å². The second-order valence-corrected chi connectivity index (χ2v) is 10.6. The SMILES string of the molecule is CC(c1ccccc1)c1cc(C(C)c2ccccc2)c(C(C)c2ccccc2)cc1C(C)c1ccccc1. The zero-order valence-corrected chi connectivity index (χ0v) is 23.0. The van der Waals surface area contributed by atoms with Gasteiger partial charge in [0, 0.05) is 23.7 Å². The van der Waals surface area contributed by atoms with Gasteiger partial charge in [0.05, 0.1) is 0 Å². The van der Waals surface area contributed by atoms with E-state index in [0.29, 0.717) is 23.7 Å². The van der Waals surface area contributed by atoms with E-state index in [0.717, 1.165) is 0 Å².